The molecule has 0 aliphatic carbocycles. The number of nitrogens with one attached hydrogen (secondary N) is 3. The second kappa shape index (κ2) is 9.72. The monoisotopic (exact) mass is 497 g/mol. The minimum atomic E-state index is -4.56. The second-order valence-corrected chi connectivity index (χ2v) is 8.78. The van der Waals surface area contributed by atoms with Crippen molar-refractivity contribution < 1.29 is 22.8 Å². The standard InChI is InChI=1S/C21H19ClF3N5O2S/c22-14-5-1-3-12(7-14)9-26-17(31)11-33-20-28-18-16(10-27-29-18)19(32)30(20)15-6-2-4-13(8-15)21(23,24)25/h1-8,16,18,27,29H,9-11H2,(H,26,31). The van der Waals surface area contributed by atoms with Gasteiger partial charge in [-0.05, 0) is 35.9 Å². The van der Waals surface area contributed by atoms with Gasteiger partial charge in [-0.3, -0.25) is 19.9 Å². The van der Waals surface area contributed by atoms with Gasteiger partial charge in [0.05, 0.1) is 22.9 Å². The molecule has 1 saturated heterocycles. The molecule has 174 valence electrons. The van der Waals surface area contributed by atoms with Crippen LogP contribution >= 0.6 is 23.4 Å². The molecule has 0 bridgehead atoms. The summed E-state index contributed by atoms with van der Waals surface area (Å²) in [4.78, 5) is 31.1. The van der Waals surface area contributed by atoms with Crippen molar-refractivity contribution in [2.75, 3.05) is 17.2 Å². The molecule has 2 aromatic rings. The van der Waals surface area contributed by atoms with Gasteiger partial charge in [-0.2, -0.15) is 13.2 Å². The first-order chi connectivity index (χ1) is 15.7. The van der Waals surface area contributed by atoms with Crippen LogP contribution in [0.25, 0.3) is 0 Å². The van der Waals surface area contributed by atoms with Crippen molar-refractivity contribution in [2.45, 2.75) is 18.9 Å². The van der Waals surface area contributed by atoms with E-state index in [9.17, 15) is 22.8 Å². The molecule has 7 nitrogen and oxygen atoms in total. The van der Waals surface area contributed by atoms with E-state index in [1.165, 1.54) is 12.1 Å². The number of hydrogen-bond donors (Lipinski definition) is 3. The van der Waals surface area contributed by atoms with Gasteiger partial charge in [0.15, 0.2) is 5.17 Å². The van der Waals surface area contributed by atoms with Crippen LogP contribution < -0.4 is 21.1 Å². The van der Waals surface area contributed by atoms with Gasteiger partial charge in [-0.1, -0.05) is 41.6 Å². The van der Waals surface area contributed by atoms with Gasteiger partial charge in [0.25, 0.3) is 0 Å². The zero-order valence-corrected chi connectivity index (χ0v) is 18.6. The third-order valence-electron chi connectivity index (χ3n) is 5.07. The summed E-state index contributed by atoms with van der Waals surface area (Å²) >= 11 is 6.92. The number of rotatable bonds is 5. The number of thioether (sulfide) groups is 1. The lowest BCUT2D eigenvalue weighted by atomic mass is 10.0. The molecular weight excluding hydrogens is 479 g/mol. The van der Waals surface area contributed by atoms with Crippen molar-refractivity contribution in [1.29, 1.82) is 0 Å². The maximum absolute atomic E-state index is 13.2. The third kappa shape index (κ3) is 5.49. The predicted molar refractivity (Wildman–Crippen MR) is 121 cm³/mol. The van der Waals surface area contributed by atoms with Crippen molar-refractivity contribution in [3.8, 4) is 0 Å². The summed E-state index contributed by atoms with van der Waals surface area (Å²) in [6, 6.07) is 11.5. The zero-order chi connectivity index (χ0) is 23.6. The maximum atomic E-state index is 13.2. The van der Waals surface area contributed by atoms with Crippen molar-refractivity contribution >= 4 is 46.0 Å². The van der Waals surface area contributed by atoms with Crippen LogP contribution in [0.1, 0.15) is 11.1 Å². The lowest BCUT2D eigenvalue weighted by Gasteiger charge is -2.32. The second-order valence-electron chi connectivity index (χ2n) is 7.41. The molecule has 12 heteroatoms. The van der Waals surface area contributed by atoms with Crippen LogP contribution in [0.5, 0.6) is 0 Å². The number of anilines is 1. The van der Waals surface area contributed by atoms with Crippen LogP contribution in [-0.2, 0) is 22.3 Å². The molecular formula is C21H19ClF3N5O2S. The van der Waals surface area contributed by atoms with Crippen LogP contribution in [0.15, 0.2) is 53.5 Å². The molecule has 0 spiro atoms. The molecule has 2 aliphatic rings. The number of benzene rings is 2. The number of carbonyl (C=O) groups is 2. The Hall–Kier alpha value is -2.60. The summed E-state index contributed by atoms with van der Waals surface area (Å²) in [5.74, 6) is -1.36. The average Bonchev–Trinajstić information content (AvgIpc) is 3.25. The fourth-order valence-electron chi connectivity index (χ4n) is 3.46. The lowest BCUT2D eigenvalue weighted by molar-refractivity contribution is -0.137. The average molecular weight is 498 g/mol. The topological polar surface area (TPSA) is 85.8 Å². The molecule has 1 fully saturated rings. The van der Waals surface area contributed by atoms with E-state index < -0.39 is 29.7 Å². The minimum absolute atomic E-state index is 0.0470. The first-order valence-electron chi connectivity index (χ1n) is 9.94. The normalized spacial score (nSPS) is 20.4. The number of halogens is 4. The molecule has 2 aliphatic heterocycles. The van der Waals surface area contributed by atoms with Crippen LogP contribution in [0.2, 0.25) is 5.02 Å². The number of hydrazine groups is 1. The maximum Gasteiger partial charge on any atom is 0.416 e. The van der Waals surface area contributed by atoms with E-state index in [0.717, 1.165) is 34.4 Å². The highest BCUT2D eigenvalue weighted by molar-refractivity contribution is 8.14. The third-order valence-corrected chi connectivity index (χ3v) is 6.26. The molecule has 0 saturated carbocycles. The van der Waals surface area contributed by atoms with Crippen molar-refractivity contribution in [3.05, 3.63) is 64.7 Å². The van der Waals surface area contributed by atoms with Crippen molar-refractivity contribution in [2.24, 2.45) is 10.9 Å². The molecule has 0 radical (unpaired) electrons. The minimum Gasteiger partial charge on any atom is -0.351 e. The molecule has 4 rings (SSSR count). The number of fused-ring (bicyclic) bond motifs is 1. The van der Waals surface area contributed by atoms with Crippen LogP contribution in [0.3, 0.4) is 0 Å². The lowest BCUT2D eigenvalue weighted by Crippen LogP contribution is -2.49. The number of hydrogen-bond acceptors (Lipinski definition) is 6. The van der Waals surface area contributed by atoms with Gasteiger partial charge in [-0.25, -0.2) is 10.4 Å². The Kier molecular flexibility index (Phi) is 6.94. The van der Waals surface area contributed by atoms with E-state index in [1.54, 1.807) is 18.2 Å². The summed E-state index contributed by atoms with van der Waals surface area (Å²) in [5.41, 5.74) is 5.71. The summed E-state index contributed by atoms with van der Waals surface area (Å²) in [7, 11) is 0. The van der Waals surface area contributed by atoms with Gasteiger partial charge < -0.3 is 5.32 Å². The molecule has 2 unspecified atom stereocenters. The van der Waals surface area contributed by atoms with Gasteiger partial charge in [-0.15, -0.1) is 0 Å². The molecule has 2 atom stereocenters. The van der Waals surface area contributed by atoms with Crippen molar-refractivity contribution in [1.82, 2.24) is 16.2 Å². The van der Waals surface area contributed by atoms with E-state index in [0.29, 0.717) is 11.6 Å². The van der Waals surface area contributed by atoms with Crippen molar-refractivity contribution in [3.63, 3.8) is 0 Å². The van der Waals surface area contributed by atoms with E-state index >= 15 is 0 Å². The Morgan fingerprint density at radius 3 is 2.79 bits per heavy atom. The quantitative estimate of drug-likeness (QED) is 0.591. The fraction of sp³-hybridized carbons (Fsp3) is 0.286. The summed E-state index contributed by atoms with van der Waals surface area (Å²) in [6.45, 7) is 0.555. The van der Waals surface area contributed by atoms with Gasteiger partial charge in [0, 0.05) is 18.1 Å². The SMILES string of the molecule is O=C(CSC1=NC2NNCC2C(=O)N1c1cccc(C(F)(F)F)c1)NCc1cccc(Cl)c1. The van der Waals surface area contributed by atoms with Gasteiger partial charge in [0.1, 0.15) is 6.17 Å². The number of aliphatic imine (C=N–C) groups is 1. The first-order valence-corrected chi connectivity index (χ1v) is 11.3. The summed E-state index contributed by atoms with van der Waals surface area (Å²) in [6.07, 6.45) is -5.12. The Morgan fingerprint density at radius 2 is 2.03 bits per heavy atom. The Morgan fingerprint density at radius 1 is 1.24 bits per heavy atom. The zero-order valence-electron chi connectivity index (χ0n) is 17.0. The molecule has 33 heavy (non-hydrogen) atoms. The Labute approximate surface area is 196 Å². The van der Waals surface area contributed by atoms with Gasteiger partial charge in [0.2, 0.25) is 11.8 Å². The largest absolute Gasteiger partial charge is 0.416 e. The molecule has 3 N–H and O–H groups in total. The Balaban J connectivity index is 1.50. The highest BCUT2D eigenvalue weighted by Gasteiger charge is 2.43. The smallest absolute Gasteiger partial charge is 0.351 e. The van der Waals surface area contributed by atoms with Crippen LogP contribution in [-0.4, -0.2) is 35.4 Å². The summed E-state index contributed by atoms with van der Waals surface area (Å²) in [5, 5.41) is 3.45. The van der Waals surface area contributed by atoms with E-state index in [2.05, 4.69) is 21.2 Å². The van der Waals surface area contributed by atoms with E-state index in [-0.39, 0.29) is 29.1 Å². The number of carbonyl (C=O) groups excluding carboxylic acids is 2. The predicted octanol–water partition coefficient (Wildman–Crippen LogP) is 3.16. The van der Waals surface area contributed by atoms with Gasteiger partial charge >= 0.3 is 6.18 Å². The Bertz CT molecular complexity index is 1100. The highest BCUT2D eigenvalue weighted by atomic mass is 35.5. The number of alkyl halides is 3. The van der Waals surface area contributed by atoms with E-state index in [4.69, 9.17) is 11.6 Å². The molecule has 2 amide bonds. The number of amidine groups is 1. The van der Waals surface area contributed by atoms with Crippen LogP contribution in [0, 0.1) is 5.92 Å². The number of amides is 2. The fourth-order valence-corrected chi connectivity index (χ4v) is 4.54. The number of nitrogens with zero attached hydrogens (tertiary/aromatic N) is 2. The molecule has 2 aromatic carbocycles. The summed E-state index contributed by atoms with van der Waals surface area (Å²) < 4.78 is 39.7. The first kappa shape index (κ1) is 23.6. The van der Waals surface area contributed by atoms with E-state index in [1.807, 2.05) is 6.07 Å². The van der Waals surface area contributed by atoms with Crippen LogP contribution in [0.4, 0.5) is 18.9 Å². The molecule has 2 heterocycles. The molecule has 0 aromatic heterocycles. The highest BCUT2D eigenvalue weighted by Crippen LogP contribution is 2.34.